The van der Waals surface area contributed by atoms with Crippen LogP contribution in [0, 0.1) is 0 Å². The van der Waals surface area contributed by atoms with Crippen LogP contribution in [0.2, 0.25) is 0 Å². The van der Waals surface area contributed by atoms with Crippen molar-refractivity contribution in [3.05, 3.63) is 35.4 Å². The summed E-state index contributed by atoms with van der Waals surface area (Å²) in [4.78, 5) is 14.4. The minimum Gasteiger partial charge on any atom is -0.374 e. The molecule has 128 valence electrons. The zero-order valence-corrected chi connectivity index (χ0v) is 14.5. The Hall–Kier alpha value is -1.43. The third-order valence-electron chi connectivity index (χ3n) is 4.15. The summed E-state index contributed by atoms with van der Waals surface area (Å²) in [7, 11) is 0. The SMILES string of the molecule is CC(C)OCc1ccccc1CNC(=O)CN1CCNC[C@H]1C. The lowest BCUT2D eigenvalue weighted by Gasteiger charge is -2.33. The summed E-state index contributed by atoms with van der Waals surface area (Å²) in [6, 6.07) is 8.52. The number of benzene rings is 1. The molecule has 0 saturated carbocycles. The molecule has 1 heterocycles. The number of amides is 1. The first-order valence-electron chi connectivity index (χ1n) is 8.46. The molecule has 1 aromatic rings. The molecule has 0 radical (unpaired) electrons. The number of piperazine rings is 1. The van der Waals surface area contributed by atoms with Crippen molar-refractivity contribution in [1.82, 2.24) is 15.5 Å². The standard InChI is InChI=1S/C18H29N3O2/c1-14(2)23-13-17-7-5-4-6-16(17)11-20-18(22)12-21-9-8-19-10-15(21)3/h4-7,14-15,19H,8-13H2,1-3H3,(H,20,22)/t15-/m1/s1. The molecule has 1 amide bonds. The van der Waals surface area contributed by atoms with Crippen molar-refractivity contribution in [2.75, 3.05) is 26.2 Å². The van der Waals surface area contributed by atoms with Gasteiger partial charge < -0.3 is 15.4 Å². The normalized spacial score (nSPS) is 19.0. The average Bonchev–Trinajstić information content (AvgIpc) is 2.54. The third-order valence-corrected chi connectivity index (χ3v) is 4.15. The Labute approximate surface area is 139 Å². The Morgan fingerprint density at radius 1 is 1.39 bits per heavy atom. The van der Waals surface area contributed by atoms with Crippen LogP contribution in [0.4, 0.5) is 0 Å². The highest BCUT2D eigenvalue weighted by molar-refractivity contribution is 5.78. The van der Waals surface area contributed by atoms with Crippen LogP contribution in [0.15, 0.2) is 24.3 Å². The van der Waals surface area contributed by atoms with Gasteiger partial charge in [0.05, 0.1) is 19.3 Å². The lowest BCUT2D eigenvalue weighted by atomic mass is 10.1. The van der Waals surface area contributed by atoms with Crippen LogP contribution in [0.5, 0.6) is 0 Å². The molecule has 0 spiro atoms. The van der Waals surface area contributed by atoms with E-state index < -0.39 is 0 Å². The Morgan fingerprint density at radius 3 is 2.83 bits per heavy atom. The second-order valence-electron chi connectivity index (χ2n) is 6.43. The topological polar surface area (TPSA) is 53.6 Å². The molecule has 1 aliphatic rings. The van der Waals surface area contributed by atoms with Crippen LogP contribution in [0.25, 0.3) is 0 Å². The van der Waals surface area contributed by atoms with Gasteiger partial charge in [0, 0.05) is 32.2 Å². The first-order valence-corrected chi connectivity index (χ1v) is 8.46. The van der Waals surface area contributed by atoms with Crippen LogP contribution in [0.1, 0.15) is 31.9 Å². The van der Waals surface area contributed by atoms with Gasteiger partial charge >= 0.3 is 0 Å². The van der Waals surface area contributed by atoms with E-state index in [-0.39, 0.29) is 12.0 Å². The molecule has 2 N–H and O–H groups in total. The third kappa shape index (κ3) is 5.94. The van der Waals surface area contributed by atoms with E-state index in [2.05, 4.69) is 28.5 Å². The van der Waals surface area contributed by atoms with Crippen LogP contribution in [-0.4, -0.2) is 49.1 Å². The number of hydrogen-bond acceptors (Lipinski definition) is 4. The highest BCUT2D eigenvalue weighted by Gasteiger charge is 2.20. The van der Waals surface area contributed by atoms with Crippen molar-refractivity contribution in [2.24, 2.45) is 0 Å². The molecule has 0 aliphatic carbocycles. The summed E-state index contributed by atoms with van der Waals surface area (Å²) in [6.45, 7) is 10.6. The number of rotatable bonds is 7. The maximum atomic E-state index is 12.2. The Bertz CT molecular complexity index is 505. The maximum Gasteiger partial charge on any atom is 0.234 e. The van der Waals surface area contributed by atoms with E-state index in [1.165, 1.54) is 0 Å². The highest BCUT2D eigenvalue weighted by atomic mass is 16.5. The van der Waals surface area contributed by atoms with Gasteiger partial charge in [-0.25, -0.2) is 0 Å². The number of nitrogens with zero attached hydrogens (tertiary/aromatic N) is 1. The molecular formula is C18H29N3O2. The quantitative estimate of drug-likeness (QED) is 0.800. The lowest BCUT2D eigenvalue weighted by Crippen LogP contribution is -2.52. The van der Waals surface area contributed by atoms with E-state index in [1.807, 2.05) is 32.0 Å². The monoisotopic (exact) mass is 319 g/mol. The molecule has 0 aromatic heterocycles. The van der Waals surface area contributed by atoms with E-state index in [4.69, 9.17) is 4.74 Å². The van der Waals surface area contributed by atoms with Crippen LogP contribution in [-0.2, 0) is 22.7 Å². The van der Waals surface area contributed by atoms with E-state index >= 15 is 0 Å². The van der Waals surface area contributed by atoms with E-state index in [0.717, 1.165) is 30.8 Å². The summed E-state index contributed by atoms with van der Waals surface area (Å²) >= 11 is 0. The summed E-state index contributed by atoms with van der Waals surface area (Å²) in [6.07, 6.45) is 0.201. The van der Waals surface area contributed by atoms with E-state index in [9.17, 15) is 4.79 Å². The first-order chi connectivity index (χ1) is 11.1. The number of hydrogen-bond donors (Lipinski definition) is 2. The van der Waals surface area contributed by atoms with Gasteiger partial charge in [-0.05, 0) is 31.9 Å². The molecule has 0 unspecified atom stereocenters. The minimum absolute atomic E-state index is 0.0818. The Kier molecular flexibility index (Phi) is 7.02. The zero-order chi connectivity index (χ0) is 16.7. The van der Waals surface area contributed by atoms with Crippen molar-refractivity contribution >= 4 is 5.91 Å². The van der Waals surface area contributed by atoms with Crippen molar-refractivity contribution in [1.29, 1.82) is 0 Å². The highest BCUT2D eigenvalue weighted by Crippen LogP contribution is 2.11. The predicted molar refractivity (Wildman–Crippen MR) is 92.1 cm³/mol. The van der Waals surface area contributed by atoms with Gasteiger partial charge in [0.15, 0.2) is 0 Å². The summed E-state index contributed by atoms with van der Waals surface area (Å²) < 4.78 is 5.68. The molecule has 5 heteroatoms. The summed E-state index contributed by atoms with van der Waals surface area (Å²) in [5.74, 6) is 0.0818. The minimum atomic E-state index is 0.0818. The van der Waals surface area contributed by atoms with Crippen LogP contribution >= 0.6 is 0 Å². The second kappa shape index (κ2) is 9.01. The molecule has 1 saturated heterocycles. The largest absolute Gasteiger partial charge is 0.374 e. The fraction of sp³-hybridized carbons (Fsp3) is 0.611. The second-order valence-corrected chi connectivity index (χ2v) is 6.43. The van der Waals surface area contributed by atoms with Crippen molar-refractivity contribution < 1.29 is 9.53 Å². The lowest BCUT2D eigenvalue weighted by molar-refractivity contribution is -0.123. The van der Waals surface area contributed by atoms with Crippen molar-refractivity contribution in [3.8, 4) is 0 Å². The van der Waals surface area contributed by atoms with Gasteiger partial charge in [0.25, 0.3) is 0 Å². The fourth-order valence-electron chi connectivity index (χ4n) is 2.68. The summed E-state index contributed by atoms with van der Waals surface area (Å²) in [5.41, 5.74) is 2.26. The van der Waals surface area contributed by atoms with Gasteiger partial charge in [-0.3, -0.25) is 9.69 Å². The van der Waals surface area contributed by atoms with Gasteiger partial charge in [0.1, 0.15) is 0 Å². The van der Waals surface area contributed by atoms with Gasteiger partial charge in [-0.1, -0.05) is 24.3 Å². The van der Waals surface area contributed by atoms with Gasteiger partial charge in [-0.2, -0.15) is 0 Å². The maximum absolute atomic E-state index is 12.2. The number of nitrogens with one attached hydrogen (secondary N) is 2. The van der Waals surface area contributed by atoms with E-state index in [0.29, 0.717) is 25.7 Å². The predicted octanol–water partition coefficient (Wildman–Crippen LogP) is 1.52. The van der Waals surface area contributed by atoms with E-state index in [1.54, 1.807) is 0 Å². The zero-order valence-electron chi connectivity index (χ0n) is 14.5. The molecule has 1 aromatic carbocycles. The van der Waals surface area contributed by atoms with Crippen molar-refractivity contribution in [2.45, 2.75) is 46.1 Å². The smallest absolute Gasteiger partial charge is 0.234 e. The Morgan fingerprint density at radius 2 is 2.13 bits per heavy atom. The van der Waals surface area contributed by atoms with Gasteiger partial charge in [-0.15, -0.1) is 0 Å². The average molecular weight is 319 g/mol. The molecule has 1 fully saturated rings. The molecule has 5 nitrogen and oxygen atoms in total. The molecule has 2 rings (SSSR count). The molecular weight excluding hydrogens is 290 g/mol. The summed E-state index contributed by atoms with van der Waals surface area (Å²) in [5, 5.41) is 6.38. The number of carbonyl (C=O) groups is 1. The Balaban J connectivity index is 1.84. The van der Waals surface area contributed by atoms with Crippen LogP contribution in [0.3, 0.4) is 0 Å². The number of ether oxygens (including phenoxy) is 1. The molecule has 1 aliphatic heterocycles. The molecule has 0 bridgehead atoms. The van der Waals surface area contributed by atoms with Crippen molar-refractivity contribution in [3.63, 3.8) is 0 Å². The first kappa shape index (κ1) is 17.9. The molecule has 23 heavy (non-hydrogen) atoms. The number of carbonyl (C=O) groups excluding carboxylic acids is 1. The fourth-order valence-corrected chi connectivity index (χ4v) is 2.68. The molecule has 1 atom stereocenters. The van der Waals surface area contributed by atoms with Crippen LogP contribution < -0.4 is 10.6 Å². The van der Waals surface area contributed by atoms with Gasteiger partial charge in [0.2, 0.25) is 5.91 Å².